The van der Waals surface area contributed by atoms with E-state index >= 15 is 0 Å². The predicted octanol–water partition coefficient (Wildman–Crippen LogP) is 1.96. The van der Waals surface area contributed by atoms with Crippen LogP contribution in [0.1, 0.15) is 6.42 Å². The lowest BCUT2D eigenvalue weighted by atomic mass is 10.2. The number of hydrogen-bond acceptors (Lipinski definition) is 6. The average Bonchev–Trinajstić information content (AvgIpc) is 2.79. The Bertz CT molecular complexity index is 854. The Balaban J connectivity index is 1.39. The highest BCUT2D eigenvalue weighted by atomic mass is 16.5. The van der Waals surface area contributed by atoms with E-state index in [1.54, 1.807) is 31.5 Å². The Morgan fingerprint density at radius 2 is 1.80 bits per heavy atom. The van der Waals surface area contributed by atoms with Gasteiger partial charge in [0.2, 0.25) is 5.91 Å². The third-order valence-electron chi connectivity index (χ3n) is 4.87. The molecule has 1 aromatic carbocycles. The number of nitrogens with zero attached hydrogens (tertiary/aromatic N) is 3. The van der Waals surface area contributed by atoms with Crippen LogP contribution in [0.15, 0.2) is 42.6 Å². The molecule has 9 nitrogen and oxygen atoms in total. The van der Waals surface area contributed by atoms with Gasteiger partial charge in [-0.05, 0) is 24.3 Å². The van der Waals surface area contributed by atoms with Crippen LogP contribution >= 0.6 is 0 Å². The van der Waals surface area contributed by atoms with E-state index in [0.717, 1.165) is 18.9 Å². The fourth-order valence-corrected chi connectivity index (χ4v) is 3.26. The molecule has 3 rings (SSSR count). The molecule has 1 fully saturated rings. The maximum Gasteiger partial charge on any atom is 0.319 e. The first-order valence-electron chi connectivity index (χ1n) is 9.81. The van der Waals surface area contributed by atoms with Crippen molar-refractivity contribution in [1.82, 2.24) is 15.2 Å². The second kappa shape index (κ2) is 10.3. The molecule has 0 radical (unpaired) electrons. The summed E-state index contributed by atoms with van der Waals surface area (Å²) in [4.78, 5) is 32.9. The van der Waals surface area contributed by atoms with Gasteiger partial charge in [0, 0.05) is 57.1 Å². The number of aromatic nitrogens is 1. The van der Waals surface area contributed by atoms with Gasteiger partial charge >= 0.3 is 6.03 Å². The Hall–Kier alpha value is -3.49. The smallest absolute Gasteiger partial charge is 0.319 e. The number of benzene rings is 1. The van der Waals surface area contributed by atoms with E-state index in [-0.39, 0.29) is 24.9 Å². The summed E-state index contributed by atoms with van der Waals surface area (Å²) in [6, 6.07) is 10.5. The molecule has 0 atom stereocenters. The number of pyridine rings is 1. The van der Waals surface area contributed by atoms with Gasteiger partial charge in [-0.1, -0.05) is 6.07 Å². The highest BCUT2D eigenvalue weighted by Crippen LogP contribution is 2.29. The molecule has 2 heterocycles. The summed E-state index contributed by atoms with van der Waals surface area (Å²) < 4.78 is 10.4. The number of piperazine rings is 1. The lowest BCUT2D eigenvalue weighted by molar-refractivity contribution is -0.131. The number of urea groups is 1. The molecule has 1 saturated heterocycles. The van der Waals surface area contributed by atoms with Gasteiger partial charge in [0.25, 0.3) is 0 Å². The van der Waals surface area contributed by atoms with Crippen molar-refractivity contribution in [3.8, 4) is 11.5 Å². The van der Waals surface area contributed by atoms with Gasteiger partial charge in [0.1, 0.15) is 5.82 Å². The van der Waals surface area contributed by atoms with Gasteiger partial charge in [0.15, 0.2) is 11.5 Å². The molecule has 160 valence electrons. The number of hydrogen-bond donors (Lipinski definition) is 2. The van der Waals surface area contributed by atoms with Crippen molar-refractivity contribution in [2.75, 3.05) is 57.2 Å². The molecule has 3 amide bonds. The largest absolute Gasteiger partial charge is 0.493 e. The highest BCUT2D eigenvalue weighted by molar-refractivity contribution is 5.90. The molecule has 0 spiro atoms. The van der Waals surface area contributed by atoms with Gasteiger partial charge < -0.3 is 29.9 Å². The zero-order valence-electron chi connectivity index (χ0n) is 17.3. The maximum absolute atomic E-state index is 12.4. The number of methoxy groups -OCH3 is 2. The van der Waals surface area contributed by atoms with E-state index in [2.05, 4.69) is 20.5 Å². The fourth-order valence-electron chi connectivity index (χ4n) is 3.26. The zero-order chi connectivity index (χ0) is 21.3. The van der Waals surface area contributed by atoms with Crippen LogP contribution in [0.4, 0.5) is 16.3 Å². The van der Waals surface area contributed by atoms with Crippen molar-refractivity contribution >= 4 is 23.4 Å². The topological polar surface area (TPSA) is 96.0 Å². The Morgan fingerprint density at radius 1 is 1.03 bits per heavy atom. The molecule has 1 aromatic heterocycles. The standard InChI is InChI=1S/C21H27N5O4/c1-29-17-7-6-16(15-18(17)30-2)24-21(28)23-10-8-20(27)26-13-11-25(12-14-26)19-5-3-4-9-22-19/h3-7,9,15H,8,10-14H2,1-2H3,(H2,23,24,28). The minimum Gasteiger partial charge on any atom is -0.493 e. The van der Waals surface area contributed by atoms with Crippen LogP contribution in [0.25, 0.3) is 0 Å². The van der Waals surface area contributed by atoms with E-state index in [0.29, 0.717) is 30.3 Å². The van der Waals surface area contributed by atoms with E-state index in [1.165, 1.54) is 7.11 Å². The number of amides is 3. The zero-order valence-corrected chi connectivity index (χ0v) is 17.3. The molecule has 2 N–H and O–H groups in total. The number of carbonyl (C=O) groups excluding carboxylic acids is 2. The number of rotatable bonds is 7. The molecule has 0 saturated carbocycles. The molecule has 0 aliphatic carbocycles. The van der Waals surface area contributed by atoms with Crippen LogP contribution in [0.5, 0.6) is 11.5 Å². The average molecular weight is 413 g/mol. The molecule has 30 heavy (non-hydrogen) atoms. The Labute approximate surface area is 176 Å². The van der Waals surface area contributed by atoms with Crippen molar-refractivity contribution in [2.24, 2.45) is 0 Å². The van der Waals surface area contributed by atoms with Gasteiger partial charge in [0.05, 0.1) is 14.2 Å². The first-order chi connectivity index (χ1) is 14.6. The van der Waals surface area contributed by atoms with E-state index in [9.17, 15) is 9.59 Å². The lowest BCUT2D eigenvalue weighted by Gasteiger charge is -2.35. The van der Waals surface area contributed by atoms with Crippen molar-refractivity contribution in [3.63, 3.8) is 0 Å². The summed E-state index contributed by atoms with van der Waals surface area (Å²) in [7, 11) is 3.08. The molecule has 0 bridgehead atoms. The van der Waals surface area contributed by atoms with Crippen molar-refractivity contribution in [3.05, 3.63) is 42.6 Å². The molecule has 2 aromatic rings. The normalized spacial score (nSPS) is 13.5. The van der Waals surface area contributed by atoms with E-state index in [4.69, 9.17) is 9.47 Å². The van der Waals surface area contributed by atoms with Gasteiger partial charge in [-0.15, -0.1) is 0 Å². The predicted molar refractivity (Wildman–Crippen MR) is 114 cm³/mol. The number of ether oxygens (including phenoxy) is 2. The van der Waals surface area contributed by atoms with Crippen molar-refractivity contribution in [1.29, 1.82) is 0 Å². The van der Waals surface area contributed by atoms with Crippen LogP contribution in [-0.4, -0.2) is 68.8 Å². The molecule has 9 heteroatoms. The summed E-state index contributed by atoms with van der Waals surface area (Å²) in [6.45, 7) is 3.05. The summed E-state index contributed by atoms with van der Waals surface area (Å²) >= 11 is 0. The SMILES string of the molecule is COc1ccc(NC(=O)NCCC(=O)N2CCN(c3ccccn3)CC2)cc1OC. The second-order valence-corrected chi connectivity index (χ2v) is 6.76. The summed E-state index contributed by atoms with van der Waals surface area (Å²) in [5.74, 6) is 2.06. The van der Waals surface area contributed by atoms with Gasteiger partial charge in [-0.25, -0.2) is 9.78 Å². The molecule has 1 aliphatic heterocycles. The lowest BCUT2D eigenvalue weighted by Crippen LogP contribution is -2.49. The number of carbonyl (C=O) groups is 2. The van der Waals surface area contributed by atoms with Gasteiger partial charge in [-0.3, -0.25) is 4.79 Å². The fraction of sp³-hybridized carbons (Fsp3) is 0.381. The quantitative estimate of drug-likeness (QED) is 0.720. The number of anilines is 2. The van der Waals surface area contributed by atoms with Crippen LogP contribution in [0, 0.1) is 0 Å². The molecular weight excluding hydrogens is 386 g/mol. The molecule has 0 unspecified atom stereocenters. The van der Waals surface area contributed by atoms with E-state index < -0.39 is 0 Å². The monoisotopic (exact) mass is 413 g/mol. The minimum absolute atomic E-state index is 0.0297. The first kappa shape index (κ1) is 21.2. The van der Waals surface area contributed by atoms with Crippen molar-refractivity contribution < 1.29 is 19.1 Å². The van der Waals surface area contributed by atoms with Crippen LogP contribution in [0.2, 0.25) is 0 Å². The second-order valence-electron chi connectivity index (χ2n) is 6.76. The summed E-state index contributed by atoms with van der Waals surface area (Å²) in [6.07, 6.45) is 2.02. The molecular formula is C21H27N5O4. The van der Waals surface area contributed by atoms with E-state index in [1.807, 2.05) is 23.1 Å². The van der Waals surface area contributed by atoms with Crippen LogP contribution in [-0.2, 0) is 4.79 Å². The highest BCUT2D eigenvalue weighted by Gasteiger charge is 2.21. The minimum atomic E-state index is -0.380. The Morgan fingerprint density at radius 3 is 2.47 bits per heavy atom. The molecule has 1 aliphatic rings. The Kier molecular flexibility index (Phi) is 7.31. The third kappa shape index (κ3) is 5.53. The maximum atomic E-state index is 12.4. The summed E-state index contributed by atoms with van der Waals surface area (Å²) in [5.41, 5.74) is 0.571. The summed E-state index contributed by atoms with van der Waals surface area (Å²) in [5, 5.41) is 5.43. The third-order valence-corrected chi connectivity index (χ3v) is 4.87. The first-order valence-corrected chi connectivity index (χ1v) is 9.81. The van der Waals surface area contributed by atoms with Crippen molar-refractivity contribution in [2.45, 2.75) is 6.42 Å². The van der Waals surface area contributed by atoms with Gasteiger partial charge in [-0.2, -0.15) is 0 Å². The number of nitrogens with one attached hydrogen (secondary N) is 2. The van der Waals surface area contributed by atoms with Crippen LogP contribution in [0.3, 0.4) is 0 Å². The van der Waals surface area contributed by atoms with Crippen LogP contribution < -0.4 is 25.0 Å².